The molecule has 0 aliphatic carbocycles. The number of H-pyrrole nitrogens is 1. The molecular formula is C10H15N3O2. The summed E-state index contributed by atoms with van der Waals surface area (Å²) < 4.78 is 5.13. The third-order valence-corrected chi connectivity index (χ3v) is 2.70. The summed E-state index contributed by atoms with van der Waals surface area (Å²) >= 11 is 0. The van der Waals surface area contributed by atoms with E-state index >= 15 is 0 Å². The first-order valence-corrected chi connectivity index (χ1v) is 5.08. The molecule has 1 aromatic heterocycles. The molecule has 0 fully saturated rings. The third-order valence-electron chi connectivity index (χ3n) is 2.70. The minimum Gasteiger partial charge on any atom is -0.374 e. The van der Waals surface area contributed by atoms with Crippen LogP contribution in [0.3, 0.4) is 0 Å². The zero-order valence-corrected chi connectivity index (χ0v) is 8.96. The largest absolute Gasteiger partial charge is 0.374 e. The fourth-order valence-corrected chi connectivity index (χ4v) is 1.68. The SMILES string of the molecule is COC(C)c1nc2c(c(=O)[nH]1)CNCC2. The van der Waals surface area contributed by atoms with E-state index in [1.807, 2.05) is 6.92 Å². The molecule has 5 heteroatoms. The summed E-state index contributed by atoms with van der Waals surface area (Å²) in [6, 6.07) is 0. The highest BCUT2D eigenvalue weighted by molar-refractivity contribution is 5.20. The zero-order valence-electron chi connectivity index (χ0n) is 8.96. The Morgan fingerprint density at radius 2 is 2.33 bits per heavy atom. The number of rotatable bonds is 2. The lowest BCUT2D eigenvalue weighted by molar-refractivity contribution is 0.111. The van der Waals surface area contributed by atoms with E-state index in [1.165, 1.54) is 0 Å². The lowest BCUT2D eigenvalue weighted by Crippen LogP contribution is -2.32. The first-order chi connectivity index (χ1) is 7.22. The molecule has 1 unspecified atom stereocenters. The molecule has 15 heavy (non-hydrogen) atoms. The Bertz CT molecular complexity index is 414. The van der Waals surface area contributed by atoms with Crippen molar-refractivity contribution < 1.29 is 4.74 Å². The van der Waals surface area contributed by atoms with Crippen molar-refractivity contribution in [2.24, 2.45) is 0 Å². The standard InChI is InChI=1S/C10H15N3O2/c1-6(15-2)9-12-8-3-4-11-5-7(8)10(14)13-9/h6,11H,3-5H2,1-2H3,(H,12,13,14). The van der Waals surface area contributed by atoms with Crippen LogP contribution >= 0.6 is 0 Å². The molecule has 5 nitrogen and oxygen atoms in total. The highest BCUT2D eigenvalue weighted by atomic mass is 16.5. The second-order valence-electron chi connectivity index (χ2n) is 3.68. The van der Waals surface area contributed by atoms with Gasteiger partial charge >= 0.3 is 0 Å². The van der Waals surface area contributed by atoms with Gasteiger partial charge in [0.15, 0.2) is 0 Å². The molecule has 0 amide bonds. The minimum atomic E-state index is -0.169. The topological polar surface area (TPSA) is 67.0 Å². The van der Waals surface area contributed by atoms with Gasteiger partial charge in [0.25, 0.3) is 5.56 Å². The summed E-state index contributed by atoms with van der Waals surface area (Å²) in [5, 5.41) is 3.15. The predicted molar refractivity (Wildman–Crippen MR) is 55.7 cm³/mol. The van der Waals surface area contributed by atoms with Crippen LogP contribution in [0.15, 0.2) is 4.79 Å². The molecule has 2 N–H and O–H groups in total. The average Bonchev–Trinajstić information content (AvgIpc) is 2.28. The van der Waals surface area contributed by atoms with Gasteiger partial charge in [0, 0.05) is 26.6 Å². The number of methoxy groups -OCH3 is 1. The zero-order chi connectivity index (χ0) is 10.8. The van der Waals surface area contributed by atoms with E-state index in [4.69, 9.17) is 4.74 Å². The summed E-state index contributed by atoms with van der Waals surface area (Å²) in [5.41, 5.74) is 1.61. The highest BCUT2D eigenvalue weighted by Crippen LogP contribution is 2.12. The van der Waals surface area contributed by atoms with Crippen molar-refractivity contribution in [3.63, 3.8) is 0 Å². The van der Waals surface area contributed by atoms with Crippen molar-refractivity contribution in [3.05, 3.63) is 27.4 Å². The highest BCUT2D eigenvalue weighted by Gasteiger charge is 2.17. The van der Waals surface area contributed by atoms with Gasteiger partial charge in [-0.05, 0) is 6.92 Å². The molecule has 1 aliphatic heterocycles. The maximum Gasteiger partial charge on any atom is 0.255 e. The van der Waals surface area contributed by atoms with Crippen LogP contribution in [-0.2, 0) is 17.7 Å². The molecular weight excluding hydrogens is 194 g/mol. The molecule has 0 bridgehead atoms. The van der Waals surface area contributed by atoms with Crippen LogP contribution in [0.4, 0.5) is 0 Å². The van der Waals surface area contributed by atoms with Gasteiger partial charge in [-0.3, -0.25) is 4.79 Å². The first-order valence-electron chi connectivity index (χ1n) is 5.08. The van der Waals surface area contributed by atoms with E-state index in [0.717, 1.165) is 24.2 Å². The van der Waals surface area contributed by atoms with E-state index in [-0.39, 0.29) is 11.7 Å². The van der Waals surface area contributed by atoms with Crippen molar-refractivity contribution in [2.45, 2.75) is 26.0 Å². The number of fused-ring (bicyclic) bond motifs is 1. The Hall–Kier alpha value is -1.20. The van der Waals surface area contributed by atoms with E-state index in [1.54, 1.807) is 7.11 Å². The van der Waals surface area contributed by atoms with Gasteiger partial charge in [0.05, 0.1) is 11.3 Å². The molecule has 0 saturated carbocycles. The number of nitrogens with zero attached hydrogens (tertiary/aromatic N) is 1. The molecule has 0 saturated heterocycles. The van der Waals surface area contributed by atoms with Crippen LogP contribution < -0.4 is 10.9 Å². The summed E-state index contributed by atoms with van der Waals surface area (Å²) in [6.45, 7) is 3.36. The van der Waals surface area contributed by atoms with E-state index in [0.29, 0.717) is 12.4 Å². The molecule has 82 valence electrons. The Labute approximate surface area is 87.9 Å². The number of hydrogen-bond acceptors (Lipinski definition) is 4. The molecule has 2 rings (SSSR count). The maximum atomic E-state index is 11.7. The predicted octanol–water partition coefficient (Wildman–Crippen LogP) is 0.123. The number of hydrogen-bond donors (Lipinski definition) is 2. The molecule has 1 atom stereocenters. The van der Waals surface area contributed by atoms with Crippen LogP contribution in [0, 0.1) is 0 Å². The van der Waals surface area contributed by atoms with Crippen LogP contribution in [-0.4, -0.2) is 23.6 Å². The van der Waals surface area contributed by atoms with Crippen molar-refractivity contribution in [2.75, 3.05) is 13.7 Å². The van der Waals surface area contributed by atoms with Crippen LogP contribution in [0.5, 0.6) is 0 Å². The van der Waals surface area contributed by atoms with Crippen molar-refractivity contribution in [1.82, 2.24) is 15.3 Å². The number of ether oxygens (including phenoxy) is 1. The van der Waals surface area contributed by atoms with Crippen molar-refractivity contribution in [3.8, 4) is 0 Å². The molecule has 0 spiro atoms. The average molecular weight is 209 g/mol. The Balaban J connectivity index is 2.45. The quantitative estimate of drug-likeness (QED) is 0.726. The second kappa shape index (κ2) is 4.12. The van der Waals surface area contributed by atoms with Gasteiger partial charge in [0.2, 0.25) is 0 Å². The van der Waals surface area contributed by atoms with Crippen LogP contribution in [0.25, 0.3) is 0 Å². The first kappa shape index (κ1) is 10.3. The molecule has 1 aromatic rings. The number of aromatic nitrogens is 2. The van der Waals surface area contributed by atoms with E-state index < -0.39 is 0 Å². The Morgan fingerprint density at radius 3 is 3.07 bits per heavy atom. The number of aromatic amines is 1. The summed E-state index contributed by atoms with van der Waals surface area (Å²) in [6.07, 6.45) is 0.640. The summed E-state index contributed by atoms with van der Waals surface area (Å²) in [7, 11) is 1.60. The van der Waals surface area contributed by atoms with E-state index in [2.05, 4.69) is 15.3 Å². The Morgan fingerprint density at radius 1 is 1.53 bits per heavy atom. The van der Waals surface area contributed by atoms with Gasteiger partial charge in [-0.25, -0.2) is 4.98 Å². The molecule has 0 radical (unpaired) electrons. The van der Waals surface area contributed by atoms with Gasteiger partial charge in [-0.1, -0.05) is 0 Å². The van der Waals surface area contributed by atoms with Gasteiger partial charge in [-0.2, -0.15) is 0 Å². The lowest BCUT2D eigenvalue weighted by atomic mass is 10.1. The van der Waals surface area contributed by atoms with Crippen LogP contribution in [0.1, 0.15) is 30.1 Å². The van der Waals surface area contributed by atoms with Gasteiger partial charge < -0.3 is 15.0 Å². The lowest BCUT2D eigenvalue weighted by Gasteiger charge is -2.17. The van der Waals surface area contributed by atoms with Crippen molar-refractivity contribution in [1.29, 1.82) is 0 Å². The van der Waals surface area contributed by atoms with Crippen molar-refractivity contribution >= 4 is 0 Å². The number of nitrogens with one attached hydrogen (secondary N) is 2. The van der Waals surface area contributed by atoms with E-state index in [9.17, 15) is 4.79 Å². The fourth-order valence-electron chi connectivity index (χ4n) is 1.68. The van der Waals surface area contributed by atoms with Gasteiger partial charge in [0.1, 0.15) is 11.9 Å². The third kappa shape index (κ3) is 1.93. The fraction of sp³-hybridized carbons (Fsp3) is 0.600. The normalized spacial score (nSPS) is 17.2. The Kier molecular flexibility index (Phi) is 2.83. The second-order valence-corrected chi connectivity index (χ2v) is 3.68. The summed E-state index contributed by atoms with van der Waals surface area (Å²) in [4.78, 5) is 18.9. The summed E-state index contributed by atoms with van der Waals surface area (Å²) in [5.74, 6) is 0.614. The van der Waals surface area contributed by atoms with Gasteiger partial charge in [-0.15, -0.1) is 0 Å². The van der Waals surface area contributed by atoms with Crippen LogP contribution in [0.2, 0.25) is 0 Å². The smallest absolute Gasteiger partial charge is 0.255 e. The monoisotopic (exact) mass is 209 g/mol. The molecule has 2 heterocycles. The maximum absolute atomic E-state index is 11.7. The molecule has 1 aliphatic rings. The molecule has 0 aromatic carbocycles. The minimum absolute atomic E-state index is 0.0499.